The highest BCUT2D eigenvalue weighted by Crippen LogP contribution is 2.41. The molecule has 1 N–H and O–H groups in total. The highest BCUT2D eigenvalue weighted by molar-refractivity contribution is 7.89. The topological polar surface area (TPSA) is 112 Å². The SMILES string of the molecule is CN(C)S(=O)(=O)c1ccc(/C([O-])=C2\C(=O)C(=O)N(Cc3ccc[nH+]c3)C2c2cccs2)cc1. The normalized spacial score (nSPS) is 18.3. The van der Waals surface area contributed by atoms with Crippen molar-refractivity contribution in [2.24, 2.45) is 0 Å². The number of Topliss-reactive ketones (excluding diaryl/α,β-unsaturated/α-hetero) is 1. The number of benzene rings is 1. The number of aromatic amines is 1. The van der Waals surface area contributed by atoms with E-state index in [1.165, 1.54) is 54.6 Å². The molecule has 1 amide bonds. The zero-order valence-corrected chi connectivity index (χ0v) is 19.5. The first-order valence-electron chi connectivity index (χ1n) is 9.99. The molecule has 1 saturated heterocycles. The molecule has 0 bridgehead atoms. The van der Waals surface area contributed by atoms with E-state index in [0.29, 0.717) is 4.88 Å². The molecule has 8 nitrogen and oxygen atoms in total. The van der Waals surface area contributed by atoms with Crippen molar-refractivity contribution >= 4 is 38.8 Å². The lowest BCUT2D eigenvalue weighted by molar-refractivity contribution is -0.378. The van der Waals surface area contributed by atoms with Gasteiger partial charge < -0.3 is 10.0 Å². The Kier molecular flexibility index (Phi) is 6.15. The van der Waals surface area contributed by atoms with Gasteiger partial charge in [0.2, 0.25) is 15.8 Å². The first kappa shape index (κ1) is 22.8. The van der Waals surface area contributed by atoms with Crippen molar-refractivity contribution in [2.75, 3.05) is 14.1 Å². The van der Waals surface area contributed by atoms with Gasteiger partial charge in [-0.1, -0.05) is 24.0 Å². The fourth-order valence-electron chi connectivity index (χ4n) is 3.65. The van der Waals surface area contributed by atoms with Crippen LogP contribution in [0.1, 0.15) is 22.0 Å². The van der Waals surface area contributed by atoms with Gasteiger partial charge in [-0.3, -0.25) is 9.59 Å². The molecule has 4 rings (SSSR count). The van der Waals surface area contributed by atoms with E-state index >= 15 is 0 Å². The van der Waals surface area contributed by atoms with Crippen LogP contribution in [0.3, 0.4) is 0 Å². The number of hydrogen-bond donors (Lipinski definition) is 0. The molecular weight excluding hydrogens is 462 g/mol. The number of H-pyrrole nitrogens is 1. The average molecular weight is 484 g/mol. The van der Waals surface area contributed by atoms with E-state index in [1.54, 1.807) is 30.6 Å². The van der Waals surface area contributed by atoms with Crippen LogP contribution < -0.4 is 10.1 Å². The molecule has 1 aromatic carbocycles. The molecule has 2 aromatic heterocycles. The molecule has 170 valence electrons. The molecule has 0 aliphatic carbocycles. The second-order valence-corrected chi connectivity index (χ2v) is 10.8. The van der Waals surface area contributed by atoms with Gasteiger partial charge in [0.15, 0.2) is 12.4 Å². The van der Waals surface area contributed by atoms with E-state index in [2.05, 4.69) is 4.98 Å². The third kappa shape index (κ3) is 4.20. The smallest absolute Gasteiger partial charge is 0.295 e. The molecule has 0 spiro atoms. The summed E-state index contributed by atoms with van der Waals surface area (Å²) in [5.74, 6) is -2.18. The maximum absolute atomic E-state index is 13.4. The maximum Gasteiger partial charge on any atom is 0.295 e. The highest BCUT2D eigenvalue weighted by atomic mass is 32.2. The summed E-state index contributed by atoms with van der Waals surface area (Å²) >= 11 is 1.35. The summed E-state index contributed by atoms with van der Waals surface area (Å²) in [6.45, 7) is 0.154. The Balaban J connectivity index is 1.79. The van der Waals surface area contributed by atoms with Crippen LogP contribution in [0.4, 0.5) is 0 Å². The number of aromatic nitrogens is 1. The van der Waals surface area contributed by atoms with Crippen molar-refractivity contribution in [2.45, 2.75) is 17.5 Å². The number of nitrogens with one attached hydrogen (secondary N) is 1. The molecule has 10 heteroatoms. The van der Waals surface area contributed by atoms with E-state index in [0.717, 1.165) is 9.87 Å². The Bertz CT molecular complexity index is 1320. The van der Waals surface area contributed by atoms with Crippen molar-refractivity contribution in [3.05, 3.63) is 87.9 Å². The summed E-state index contributed by atoms with van der Waals surface area (Å²) in [7, 11) is -0.834. The Hall–Kier alpha value is -3.34. The molecule has 1 aliphatic heterocycles. The van der Waals surface area contributed by atoms with E-state index in [4.69, 9.17) is 0 Å². The van der Waals surface area contributed by atoms with E-state index in [1.807, 2.05) is 11.4 Å². The molecule has 1 unspecified atom stereocenters. The first-order valence-corrected chi connectivity index (χ1v) is 12.3. The fourth-order valence-corrected chi connectivity index (χ4v) is 5.39. The Labute approximate surface area is 195 Å². The summed E-state index contributed by atoms with van der Waals surface area (Å²) in [5.41, 5.74) is 0.790. The van der Waals surface area contributed by atoms with Crippen molar-refractivity contribution in [3.63, 3.8) is 0 Å². The lowest BCUT2D eigenvalue weighted by Gasteiger charge is -2.26. The number of sulfonamides is 1. The number of amides is 1. The molecule has 1 aliphatic rings. The second-order valence-electron chi connectivity index (χ2n) is 7.65. The fraction of sp³-hybridized carbons (Fsp3) is 0.174. The van der Waals surface area contributed by atoms with Crippen LogP contribution in [0.25, 0.3) is 5.76 Å². The number of likely N-dealkylation sites (tertiary alicyclic amines) is 1. The standard InChI is InChI=1S/C23H21N3O5S2/c1-25(2)33(30,31)17-9-7-16(8-10-17)21(27)19-20(18-6-4-12-32-18)26(23(29)22(19)28)14-15-5-3-11-24-13-15/h3-13,20,27H,14H2,1-2H3/b21-19+. The van der Waals surface area contributed by atoms with Crippen molar-refractivity contribution in [1.82, 2.24) is 9.21 Å². The molecular formula is C23H21N3O5S2. The largest absolute Gasteiger partial charge is 0.872 e. The van der Waals surface area contributed by atoms with Crippen molar-refractivity contribution < 1.29 is 28.1 Å². The van der Waals surface area contributed by atoms with Gasteiger partial charge in [0.05, 0.1) is 17.5 Å². The number of pyridine rings is 1. The third-order valence-corrected chi connectivity index (χ3v) is 8.12. The number of carbonyl (C=O) groups is 2. The molecule has 3 heterocycles. The Morgan fingerprint density at radius 2 is 1.85 bits per heavy atom. The number of nitrogens with zero attached hydrogens (tertiary/aromatic N) is 2. The lowest BCUT2D eigenvalue weighted by atomic mass is 10.00. The van der Waals surface area contributed by atoms with Crippen LogP contribution in [0, 0.1) is 0 Å². The predicted octanol–water partition coefficient (Wildman–Crippen LogP) is 1.24. The Morgan fingerprint density at radius 1 is 1.12 bits per heavy atom. The maximum atomic E-state index is 13.4. The molecule has 0 radical (unpaired) electrons. The van der Waals surface area contributed by atoms with E-state index in [9.17, 15) is 23.1 Å². The van der Waals surface area contributed by atoms with Crippen LogP contribution in [0.2, 0.25) is 0 Å². The zero-order chi connectivity index (χ0) is 23.8. The summed E-state index contributed by atoms with van der Waals surface area (Å²) in [4.78, 5) is 31.0. The quantitative estimate of drug-likeness (QED) is 0.297. The first-order chi connectivity index (χ1) is 15.7. The number of thiophene rings is 1. The van der Waals surface area contributed by atoms with Crippen LogP contribution in [0.5, 0.6) is 0 Å². The van der Waals surface area contributed by atoms with Gasteiger partial charge in [0.1, 0.15) is 0 Å². The molecule has 0 saturated carbocycles. The average Bonchev–Trinajstić information content (AvgIpc) is 3.42. The molecule has 1 atom stereocenters. The molecule has 1 fully saturated rings. The predicted molar refractivity (Wildman–Crippen MR) is 120 cm³/mol. The van der Waals surface area contributed by atoms with Crippen molar-refractivity contribution in [3.8, 4) is 0 Å². The van der Waals surface area contributed by atoms with Crippen LogP contribution in [-0.2, 0) is 26.2 Å². The number of rotatable bonds is 6. The van der Waals surface area contributed by atoms with Gasteiger partial charge in [-0.25, -0.2) is 17.7 Å². The number of carbonyl (C=O) groups excluding carboxylic acids is 2. The van der Waals surface area contributed by atoms with Crippen LogP contribution in [0.15, 0.2) is 76.8 Å². The second kappa shape index (κ2) is 8.89. The summed E-state index contributed by atoms with van der Waals surface area (Å²) in [5, 5.41) is 15.2. The number of ketones is 1. The molecule has 3 aromatic rings. The molecule has 33 heavy (non-hydrogen) atoms. The van der Waals surface area contributed by atoms with Gasteiger partial charge in [0, 0.05) is 36.2 Å². The van der Waals surface area contributed by atoms with Gasteiger partial charge in [-0.2, -0.15) is 0 Å². The minimum Gasteiger partial charge on any atom is -0.872 e. The van der Waals surface area contributed by atoms with E-state index in [-0.39, 0.29) is 22.6 Å². The zero-order valence-electron chi connectivity index (χ0n) is 17.9. The minimum absolute atomic E-state index is 0.0274. The lowest BCUT2D eigenvalue weighted by Crippen LogP contribution is -2.29. The summed E-state index contributed by atoms with van der Waals surface area (Å²) in [6, 6.07) is 11.7. The van der Waals surface area contributed by atoms with Gasteiger partial charge in [-0.05, 0) is 35.2 Å². The summed E-state index contributed by atoms with van der Waals surface area (Å²) in [6.07, 6.45) is 3.46. The van der Waals surface area contributed by atoms with Gasteiger partial charge in [-0.15, -0.1) is 11.3 Å². The van der Waals surface area contributed by atoms with Gasteiger partial charge >= 0.3 is 0 Å². The van der Waals surface area contributed by atoms with Crippen LogP contribution in [-0.4, -0.2) is 43.4 Å². The van der Waals surface area contributed by atoms with E-state index < -0.39 is 33.5 Å². The monoisotopic (exact) mass is 483 g/mol. The van der Waals surface area contributed by atoms with Crippen molar-refractivity contribution in [1.29, 1.82) is 0 Å². The van der Waals surface area contributed by atoms with Crippen LogP contribution >= 0.6 is 11.3 Å². The summed E-state index contributed by atoms with van der Waals surface area (Å²) < 4.78 is 25.7. The highest BCUT2D eigenvalue weighted by Gasteiger charge is 2.44. The minimum atomic E-state index is -3.66. The number of hydrogen-bond acceptors (Lipinski definition) is 6. The third-order valence-electron chi connectivity index (χ3n) is 5.36. The Morgan fingerprint density at radius 3 is 2.42 bits per heavy atom. The van der Waals surface area contributed by atoms with Gasteiger partial charge in [0.25, 0.3) is 5.91 Å².